The largest absolute Gasteiger partial charge is 0.103 e. The molecular formula is C9H15Br. The van der Waals surface area contributed by atoms with E-state index in [9.17, 15) is 0 Å². The van der Waals surface area contributed by atoms with Crippen molar-refractivity contribution >= 4 is 15.9 Å². The lowest BCUT2D eigenvalue weighted by Gasteiger charge is -2.02. The minimum atomic E-state index is 0.612. The number of allylic oxidation sites excluding steroid dienone is 3. The number of alkyl halides is 1. The minimum absolute atomic E-state index is 0.612. The normalized spacial score (nSPS) is 13.8. The van der Waals surface area contributed by atoms with Gasteiger partial charge >= 0.3 is 0 Å². The van der Waals surface area contributed by atoms with E-state index in [-0.39, 0.29) is 0 Å². The molecule has 0 aliphatic rings. The molecule has 0 aromatic carbocycles. The van der Waals surface area contributed by atoms with Crippen LogP contribution in [-0.2, 0) is 0 Å². The van der Waals surface area contributed by atoms with Gasteiger partial charge in [0.25, 0.3) is 0 Å². The molecule has 0 fully saturated rings. The van der Waals surface area contributed by atoms with E-state index in [0.29, 0.717) is 4.83 Å². The molecule has 0 spiro atoms. The van der Waals surface area contributed by atoms with Gasteiger partial charge in [-0.05, 0) is 26.2 Å². The minimum Gasteiger partial charge on any atom is -0.103 e. The fourth-order valence-corrected chi connectivity index (χ4v) is 1.27. The summed E-state index contributed by atoms with van der Waals surface area (Å²) in [7, 11) is 0. The van der Waals surface area contributed by atoms with Gasteiger partial charge in [-0.25, -0.2) is 0 Å². The quantitative estimate of drug-likeness (QED) is 0.472. The van der Waals surface area contributed by atoms with Crippen molar-refractivity contribution in [3.05, 3.63) is 24.8 Å². The van der Waals surface area contributed by atoms with Gasteiger partial charge in [-0.15, -0.1) is 6.58 Å². The molecule has 1 atom stereocenters. The van der Waals surface area contributed by atoms with Crippen LogP contribution in [0.1, 0.15) is 26.2 Å². The topological polar surface area (TPSA) is 0 Å². The lowest BCUT2D eigenvalue weighted by Crippen LogP contribution is -1.93. The molecule has 0 aliphatic carbocycles. The van der Waals surface area contributed by atoms with Crippen molar-refractivity contribution in [2.24, 2.45) is 0 Å². The van der Waals surface area contributed by atoms with Crippen LogP contribution in [0.15, 0.2) is 24.8 Å². The van der Waals surface area contributed by atoms with Crippen molar-refractivity contribution in [3.8, 4) is 0 Å². The Morgan fingerprint density at radius 3 is 2.80 bits per heavy atom. The average Bonchev–Trinajstić information content (AvgIpc) is 1.89. The summed E-state index contributed by atoms with van der Waals surface area (Å²) in [6.45, 7) is 5.73. The zero-order valence-corrected chi connectivity index (χ0v) is 8.10. The van der Waals surface area contributed by atoms with E-state index < -0.39 is 0 Å². The summed E-state index contributed by atoms with van der Waals surface area (Å²) < 4.78 is 0. The lowest BCUT2D eigenvalue weighted by atomic mass is 10.2. The molecule has 0 aliphatic heterocycles. The van der Waals surface area contributed by atoms with Crippen LogP contribution in [0.3, 0.4) is 0 Å². The molecule has 1 heteroatoms. The first-order valence-electron chi connectivity index (χ1n) is 3.67. The molecular weight excluding hydrogens is 188 g/mol. The van der Waals surface area contributed by atoms with E-state index in [1.165, 1.54) is 12.8 Å². The maximum Gasteiger partial charge on any atom is 0.0183 e. The van der Waals surface area contributed by atoms with E-state index in [4.69, 9.17) is 0 Å². The number of halogens is 1. The Morgan fingerprint density at radius 2 is 2.30 bits per heavy atom. The number of rotatable bonds is 5. The summed E-state index contributed by atoms with van der Waals surface area (Å²) in [5.74, 6) is 0. The predicted octanol–water partition coefficient (Wildman–Crippen LogP) is 3.68. The van der Waals surface area contributed by atoms with Crippen LogP contribution in [0.4, 0.5) is 0 Å². The maximum absolute atomic E-state index is 3.68. The van der Waals surface area contributed by atoms with Gasteiger partial charge in [0.15, 0.2) is 0 Å². The molecule has 0 rings (SSSR count). The Balaban J connectivity index is 3.20. The highest BCUT2D eigenvalue weighted by molar-refractivity contribution is 9.09. The zero-order valence-electron chi connectivity index (χ0n) is 6.52. The van der Waals surface area contributed by atoms with E-state index in [0.717, 1.165) is 6.42 Å². The first kappa shape index (κ1) is 9.96. The average molecular weight is 203 g/mol. The molecule has 0 aromatic rings. The van der Waals surface area contributed by atoms with Crippen molar-refractivity contribution in [3.63, 3.8) is 0 Å². The van der Waals surface area contributed by atoms with E-state index in [2.05, 4.69) is 41.6 Å². The van der Waals surface area contributed by atoms with Gasteiger partial charge in [0.2, 0.25) is 0 Å². The molecule has 58 valence electrons. The molecule has 10 heavy (non-hydrogen) atoms. The van der Waals surface area contributed by atoms with Gasteiger partial charge in [-0.3, -0.25) is 0 Å². The van der Waals surface area contributed by atoms with Crippen molar-refractivity contribution in [1.29, 1.82) is 0 Å². The van der Waals surface area contributed by atoms with Crippen molar-refractivity contribution < 1.29 is 0 Å². The predicted molar refractivity (Wildman–Crippen MR) is 51.6 cm³/mol. The Hall–Kier alpha value is -0.0400. The highest BCUT2D eigenvalue weighted by atomic mass is 79.9. The van der Waals surface area contributed by atoms with Crippen molar-refractivity contribution in [2.45, 2.75) is 31.0 Å². The summed E-state index contributed by atoms with van der Waals surface area (Å²) in [6.07, 6.45) is 9.67. The highest BCUT2D eigenvalue weighted by Crippen LogP contribution is 2.12. The maximum atomic E-state index is 3.68. The zero-order chi connectivity index (χ0) is 7.82. The van der Waals surface area contributed by atoms with Gasteiger partial charge in [0, 0.05) is 4.83 Å². The summed E-state index contributed by atoms with van der Waals surface area (Å²) in [6, 6.07) is 0. The number of hydrogen-bond donors (Lipinski definition) is 0. The Morgan fingerprint density at radius 1 is 1.60 bits per heavy atom. The van der Waals surface area contributed by atoms with Gasteiger partial charge in [-0.1, -0.05) is 34.2 Å². The number of hydrogen-bond acceptors (Lipinski definition) is 0. The molecule has 0 aromatic heterocycles. The van der Waals surface area contributed by atoms with Crippen LogP contribution in [-0.4, -0.2) is 4.83 Å². The monoisotopic (exact) mass is 202 g/mol. The third-order valence-electron chi connectivity index (χ3n) is 1.30. The Kier molecular flexibility index (Phi) is 7.04. The lowest BCUT2D eigenvalue weighted by molar-refractivity contribution is 0.793. The smallest absolute Gasteiger partial charge is 0.0183 e. The van der Waals surface area contributed by atoms with E-state index >= 15 is 0 Å². The van der Waals surface area contributed by atoms with Crippen LogP contribution >= 0.6 is 15.9 Å². The van der Waals surface area contributed by atoms with Crippen LogP contribution < -0.4 is 0 Å². The summed E-state index contributed by atoms with van der Waals surface area (Å²) in [5.41, 5.74) is 0. The third-order valence-corrected chi connectivity index (χ3v) is 2.14. The second-order valence-electron chi connectivity index (χ2n) is 2.27. The third kappa shape index (κ3) is 6.09. The molecule has 0 N–H and O–H groups in total. The van der Waals surface area contributed by atoms with Crippen LogP contribution in [0, 0.1) is 0 Å². The summed E-state index contributed by atoms with van der Waals surface area (Å²) in [5, 5.41) is 0. The van der Waals surface area contributed by atoms with Crippen LogP contribution in [0.2, 0.25) is 0 Å². The van der Waals surface area contributed by atoms with Crippen LogP contribution in [0.5, 0.6) is 0 Å². The fraction of sp³-hybridized carbons (Fsp3) is 0.556. The molecule has 0 amide bonds. The second-order valence-corrected chi connectivity index (χ2v) is 3.56. The van der Waals surface area contributed by atoms with Gasteiger partial charge in [-0.2, -0.15) is 0 Å². The molecule has 0 bridgehead atoms. The van der Waals surface area contributed by atoms with Crippen LogP contribution in [0.25, 0.3) is 0 Å². The fourth-order valence-electron chi connectivity index (χ4n) is 0.742. The Labute approximate surface area is 72.1 Å². The van der Waals surface area contributed by atoms with Gasteiger partial charge in [0.1, 0.15) is 0 Å². The molecule has 0 saturated carbocycles. The molecule has 0 heterocycles. The molecule has 1 unspecified atom stereocenters. The first-order valence-corrected chi connectivity index (χ1v) is 4.59. The van der Waals surface area contributed by atoms with E-state index in [1.54, 1.807) is 0 Å². The Bertz CT molecular complexity index is 105. The summed E-state index contributed by atoms with van der Waals surface area (Å²) in [4.78, 5) is 0.612. The summed E-state index contributed by atoms with van der Waals surface area (Å²) >= 11 is 3.56. The highest BCUT2D eigenvalue weighted by Gasteiger charge is 1.97. The van der Waals surface area contributed by atoms with Crippen molar-refractivity contribution in [1.82, 2.24) is 0 Å². The standard InChI is InChI=1S/C9H15Br/c1-3-5-6-8-9(10)7-4-2/h3-5,9H,2,6-8H2,1H3/b5-3+. The second kappa shape index (κ2) is 7.07. The van der Waals surface area contributed by atoms with Gasteiger partial charge < -0.3 is 0 Å². The van der Waals surface area contributed by atoms with Gasteiger partial charge in [0.05, 0.1) is 0 Å². The van der Waals surface area contributed by atoms with E-state index in [1.807, 2.05) is 6.08 Å². The molecule has 0 nitrogen and oxygen atoms in total. The molecule has 0 saturated heterocycles. The SMILES string of the molecule is C=CCC(Br)CC/C=C/C. The van der Waals surface area contributed by atoms with Crippen molar-refractivity contribution in [2.75, 3.05) is 0 Å². The molecule has 0 radical (unpaired) electrons. The first-order chi connectivity index (χ1) is 4.81.